The molecule has 1 aliphatic rings. The van der Waals surface area contributed by atoms with Crippen molar-refractivity contribution in [3.8, 4) is 0 Å². The molecule has 0 saturated carbocycles. The Balaban J connectivity index is 1.88. The van der Waals surface area contributed by atoms with Crippen LogP contribution in [0, 0.1) is 27.7 Å². The molecule has 0 aromatic heterocycles. The van der Waals surface area contributed by atoms with Gasteiger partial charge in [-0.05, 0) is 74.2 Å². The Bertz CT molecular complexity index is 1300. The average Bonchev–Trinajstić information content (AvgIpc) is 3.00. The Hall–Kier alpha value is -3.86. The highest BCUT2D eigenvalue weighted by atomic mass is 16.2. The molecule has 2 amide bonds. The number of hydrogen-bond acceptors (Lipinski definition) is 4. The largest absolute Gasteiger partial charge is 0.378 e. The molecule has 4 rings (SSSR count). The summed E-state index contributed by atoms with van der Waals surface area (Å²) in [5.74, 6) is -0.678. The highest BCUT2D eigenvalue weighted by Crippen LogP contribution is 2.36. The monoisotopic (exact) mass is 439 g/mol. The molecule has 168 valence electrons. The lowest BCUT2D eigenvalue weighted by Gasteiger charge is -2.19. The molecule has 0 unspecified atom stereocenters. The van der Waals surface area contributed by atoms with E-state index in [0.717, 1.165) is 39.2 Å². The van der Waals surface area contributed by atoms with E-state index in [1.807, 2.05) is 101 Å². The molecule has 1 N–H and O–H groups in total. The van der Waals surface area contributed by atoms with Gasteiger partial charge in [0, 0.05) is 25.5 Å². The van der Waals surface area contributed by atoms with Gasteiger partial charge in [0.2, 0.25) is 0 Å². The lowest BCUT2D eigenvalue weighted by Crippen LogP contribution is -2.32. The first-order valence-corrected chi connectivity index (χ1v) is 11.0. The molecular weight excluding hydrogens is 410 g/mol. The summed E-state index contributed by atoms with van der Waals surface area (Å²) >= 11 is 0. The quantitative estimate of drug-likeness (QED) is 0.542. The number of nitrogens with zero attached hydrogens (tertiary/aromatic N) is 2. The van der Waals surface area contributed by atoms with Gasteiger partial charge in [0.1, 0.15) is 5.70 Å². The molecule has 0 aliphatic carbocycles. The third-order valence-corrected chi connectivity index (χ3v) is 5.99. The molecule has 3 aromatic rings. The number of amides is 2. The van der Waals surface area contributed by atoms with Crippen molar-refractivity contribution in [3.63, 3.8) is 0 Å². The van der Waals surface area contributed by atoms with Crippen LogP contribution in [0.2, 0.25) is 0 Å². The number of rotatable bonds is 5. The van der Waals surface area contributed by atoms with Crippen LogP contribution in [0.15, 0.2) is 66.4 Å². The van der Waals surface area contributed by atoms with Gasteiger partial charge in [-0.2, -0.15) is 0 Å². The van der Waals surface area contributed by atoms with Gasteiger partial charge >= 0.3 is 0 Å². The fraction of sp³-hybridized carbons (Fsp3) is 0.214. The summed E-state index contributed by atoms with van der Waals surface area (Å²) in [5, 5.41) is 3.31. The topological polar surface area (TPSA) is 52.7 Å². The fourth-order valence-corrected chi connectivity index (χ4v) is 4.14. The smallest absolute Gasteiger partial charge is 0.282 e. The van der Waals surface area contributed by atoms with Gasteiger partial charge < -0.3 is 10.2 Å². The minimum Gasteiger partial charge on any atom is -0.378 e. The summed E-state index contributed by atoms with van der Waals surface area (Å²) in [5.41, 5.74) is 7.88. The summed E-state index contributed by atoms with van der Waals surface area (Å²) < 4.78 is 0. The van der Waals surface area contributed by atoms with E-state index in [0.29, 0.717) is 17.0 Å². The van der Waals surface area contributed by atoms with Crippen LogP contribution in [0.5, 0.6) is 0 Å². The number of anilines is 3. The van der Waals surface area contributed by atoms with Crippen LogP contribution >= 0.6 is 0 Å². The third-order valence-electron chi connectivity index (χ3n) is 5.99. The maximum atomic E-state index is 13.8. The molecule has 3 aromatic carbocycles. The number of benzene rings is 3. The van der Waals surface area contributed by atoms with Crippen LogP contribution in [0.4, 0.5) is 17.1 Å². The Morgan fingerprint density at radius 3 is 2.15 bits per heavy atom. The van der Waals surface area contributed by atoms with Crippen molar-refractivity contribution in [2.75, 3.05) is 29.2 Å². The molecule has 1 aliphatic heterocycles. The molecule has 0 atom stereocenters. The zero-order valence-electron chi connectivity index (χ0n) is 20.0. The van der Waals surface area contributed by atoms with E-state index in [-0.39, 0.29) is 11.8 Å². The zero-order valence-corrected chi connectivity index (χ0v) is 20.0. The van der Waals surface area contributed by atoms with Gasteiger partial charge in [0.25, 0.3) is 11.8 Å². The minimum absolute atomic E-state index is 0.302. The van der Waals surface area contributed by atoms with Gasteiger partial charge in [-0.3, -0.25) is 9.59 Å². The highest BCUT2D eigenvalue weighted by molar-refractivity contribution is 6.46. The SMILES string of the molecule is Cc1ccc(C2=C(Nc3cc(C)ccc3C)C(=O)N(c3cccc(N(C)C)c3)C2=O)c(C)c1. The van der Waals surface area contributed by atoms with Crippen LogP contribution in [-0.4, -0.2) is 25.9 Å². The zero-order chi connectivity index (χ0) is 23.9. The van der Waals surface area contributed by atoms with Gasteiger partial charge in [0.05, 0.1) is 11.3 Å². The fourth-order valence-electron chi connectivity index (χ4n) is 4.14. The standard InChI is InChI=1S/C28H29N3O2/c1-17-11-13-23(20(4)14-17)25-26(29-24-15-18(2)10-12-19(24)3)28(33)31(27(25)32)22-9-7-8-21(16-22)30(5)6/h7-16,29H,1-6H3. The van der Waals surface area contributed by atoms with E-state index in [2.05, 4.69) is 5.32 Å². The van der Waals surface area contributed by atoms with Crippen molar-refractivity contribution in [1.82, 2.24) is 0 Å². The number of nitrogens with one attached hydrogen (secondary N) is 1. The number of carbonyl (C=O) groups excluding carboxylic acids is 2. The van der Waals surface area contributed by atoms with E-state index in [1.165, 1.54) is 4.90 Å². The van der Waals surface area contributed by atoms with E-state index in [1.54, 1.807) is 6.07 Å². The van der Waals surface area contributed by atoms with Crippen LogP contribution in [0.25, 0.3) is 5.57 Å². The van der Waals surface area contributed by atoms with E-state index < -0.39 is 0 Å². The second kappa shape index (κ2) is 8.58. The van der Waals surface area contributed by atoms with Gasteiger partial charge in [0.15, 0.2) is 0 Å². The Morgan fingerprint density at radius 2 is 1.45 bits per heavy atom. The molecule has 0 spiro atoms. The molecule has 33 heavy (non-hydrogen) atoms. The summed E-state index contributed by atoms with van der Waals surface area (Å²) in [6.45, 7) is 7.97. The van der Waals surface area contributed by atoms with Gasteiger partial charge in [-0.25, -0.2) is 4.90 Å². The molecular formula is C28H29N3O2. The van der Waals surface area contributed by atoms with Crippen molar-refractivity contribution in [2.45, 2.75) is 27.7 Å². The predicted octanol–water partition coefficient (Wildman–Crippen LogP) is 5.38. The summed E-state index contributed by atoms with van der Waals surface area (Å²) in [7, 11) is 3.86. The maximum absolute atomic E-state index is 13.8. The second-order valence-electron chi connectivity index (χ2n) is 8.87. The number of hydrogen-bond donors (Lipinski definition) is 1. The first-order chi connectivity index (χ1) is 15.7. The summed E-state index contributed by atoms with van der Waals surface area (Å²) in [6.07, 6.45) is 0. The molecule has 0 bridgehead atoms. The second-order valence-corrected chi connectivity index (χ2v) is 8.87. The maximum Gasteiger partial charge on any atom is 0.282 e. The molecule has 5 nitrogen and oxygen atoms in total. The number of imide groups is 1. The Morgan fingerprint density at radius 1 is 0.758 bits per heavy atom. The molecule has 5 heteroatoms. The van der Waals surface area contributed by atoms with Crippen molar-refractivity contribution >= 4 is 34.4 Å². The number of aryl methyl sites for hydroxylation is 4. The number of carbonyl (C=O) groups is 2. The summed E-state index contributed by atoms with van der Waals surface area (Å²) in [4.78, 5) is 30.7. The molecule has 0 radical (unpaired) electrons. The molecule has 1 heterocycles. The predicted molar refractivity (Wildman–Crippen MR) is 136 cm³/mol. The van der Waals surface area contributed by atoms with Crippen LogP contribution in [0.3, 0.4) is 0 Å². The first kappa shape index (κ1) is 22.3. The van der Waals surface area contributed by atoms with Crippen LogP contribution in [-0.2, 0) is 9.59 Å². The van der Waals surface area contributed by atoms with Gasteiger partial charge in [-0.1, -0.05) is 42.0 Å². The van der Waals surface area contributed by atoms with Crippen LogP contribution in [0.1, 0.15) is 27.8 Å². The average molecular weight is 440 g/mol. The van der Waals surface area contributed by atoms with E-state index >= 15 is 0 Å². The minimum atomic E-state index is -0.355. The van der Waals surface area contributed by atoms with Crippen molar-refractivity contribution in [1.29, 1.82) is 0 Å². The normalized spacial score (nSPS) is 13.7. The Kier molecular flexibility index (Phi) is 5.81. The van der Waals surface area contributed by atoms with Crippen molar-refractivity contribution < 1.29 is 9.59 Å². The first-order valence-electron chi connectivity index (χ1n) is 11.0. The molecule has 0 saturated heterocycles. The van der Waals surface area contributed by atoms with Crippen molar-refractivity contribution in [2.24, 2.45) is 0 Å². The highest BCUT2D eigenvalue weighted by Gasteiger charge is 2.41. The summed E-state index contributed by atoms with van der Waals surface area (Å²) in [6, 6.07) is 19.4. The Labute approximate surface area is 195 Å². The van der Waals surface area contributed by atoms with E-state index in [9.17, 15) is 9.59 Å². The lowest BCUT2D eigenvalue weighted by molar-refractivity contribution is -0.120. The van der Waals surface area contributed by atoms with Gasteiger partial charge in [-0.15, -0.1) is 0 Å². The lowest BCUT2D eigenvalue weighted by atomic mass is 9.97. The van der Waals surface area contributed by atoms with E-state index in [4.69, 9.17) is 0 Å². The third kappa shape index (κ3) is 4.14. The molecule has 0 fully saturated rings. The van der Waals surface area contributed by atoms with Crippen LogP contribution < -0.4 is 15.1 Å². The van der Waals surface area contributed by atoms with Crippen molar-refractivity contribution in [3.05, 3.63) is 94.2 Å².